The minimum atomic E-state index is -3.78. The molecule has 10 nitrogen and oxygen atoms in total. The highest BCUT2D eigenvalue weighted by atomic mass is 32.2. The highest BCUT2D eigenvalue weighted by molar-refractivity contribution is 7.89. The van der Waals surface area contributed by atoms with Gasteiger partial charge >= 0.3 is 0 Å². The molecule has 1 aliphatic heterocycles. The van der Waals surface area contributed by atoms with Gasteiger partial charge in [-0.15, -0.1) is 11.3 Å². The van der Waals surface area contributed by atoms with Gasteiger partial charge in [0.25, 0.3) is 11.8 Å². The number of hydrogen-bond donors (Lipinski definition) is 3. The lowest BCUT2D eigenvalue weighted by atomic mass is 10.0. The molecule has 0 saturated carbocycles. The third-order valence-electron chi connectivity index (χ3n) is 6.79. The molecule has 0 saturated heterocycles. The number of hydrazine groups is 1. The number of thiophene rings is 1. The maximum absolute atomic E-state index is 13.3. The Kier molecular flexibility index (Phi) is 9.92. The quantitative estimate of drug-likeness (QED) is 0.306. The number of hydrogen-bond acceptors (Lipinski definition) is 7. The molecule has 2 heterocycles. The number of nitrogens with one attached hydrogen (secondary N) is 3. The summed E-state index contributed by atoms with van der Waals surface area (Å²) >= 11 is 1.34. The molecule has 218 valence electrons. The minimum Gasteiger partial charge on any atom is -0.313 e. The smallest absolute Gasteiger partial charge is 0.272 e. The van der Waals surface area contributed by atoms with Crippen LogP contribution in [0.3, 0.4) is 0 Å². The zero-order valence-corrected chi connectivity index (χ0v) is 25.0. The molecule has 0 bridgehead atoms. The van der Waals surface area contributed by atoms with E-state index < -0.39 is 27.7 Å². The topological polar surface area (TPSA) is 128 Å². The van der Waals surface area contributed by atoms with Crippen molar-refractivity contribution in [1.29, 1.82) is 0 Å². The van der Waals surface area contributed by atoms with E-state index in [0.29, 0.717) is 30.1 Å². The number of sulfonamides is 1. The van der Waals surface area contributed by atoms with E-state index >= 15 is 0 Å². The van der Waals surface area contributed by atoms with Crippen LogP contribution in [0.25, 0.3) is 0 Å². The van der Waals surface area contributed by atoms with E-state index in [2.05, 4.69) is 28.0 Å². The van der Waals surface area contributed by atoms with Crippen molar-refractivity contribution in [2.75, 3.05) is 25.0 Å². The van der Waals surface area contributed by atoms with Crippen molar-refractivity contribution in [3.63, 3.8) is 0 Å². The number of carbonyl (C=O) groups excluding carboxylic acids is 3. The van der Waals surface area contributed by atoms with Gasteiger partial charge in [0.2, 0.25) is 15.9 Å². The van der Waals surface area contributed by atoms with E-state index in [9.17, 15) is 22.8 Å². The van der Waals surface area contributed by atoms with E-state index in [4.69, 9.17) is 0 Å². The lowest BCUT2D eigenvalue weighted by molar-refractivity contribution is -0.119. The Morgan fingerprint density at radius 1 is 0.976 bits per heavy atom. The summed E-state index contributed by atoms with van der Waals surface area (Å²) in [6, 6.07) is 15.1. The first-order chi connectivity index (χ1) is 19.6. The van der Waals surface area contributed by atoms with E-state index in [1.807, 2.05) is 30.3 Å². The van der Waals surface area contributed by atoms with Crippen LogP contribution in [-0.2, 0) is 34.3 Å². The monoisotopic (exact) mass is 597 g/mol. The number of carbonyl (C=O) groups is 3. The van der Waals surface area contributed by atoms with Gasteiger partial charge in [0.05, 0.1) is 10.5 Å². The van der Waals surface area contributed by atoms with Crippen molar-refractivity contribution in [2.24, 2.45) is 0 Å². The molecule has 41 heavy (non-hydrogen) atoms. The molecule has 0 fully saturated rings. The highest BCUT2D eigenvalue weighted by Gasteiger charge is 2.29. The van der Waals surface area contributed by atoms with Gasteiger partial charge in [-0.2, -0.15) is 4.31 Å². The molecule has 4 rings (SSSR count). The number of benzene rings is 2. The summed E-state index contributed by atoms with van der Waals surface area (Å²) in [6.07, 6.45) is 1.65. The summed E-state index contributed by atoms with van der Waals surface area (Å²) in [5.74, 6) is -1.39. The maximum Gasteiger partial charge on any atom is 0.272 e. The van der Waals surface area contributed by atoms with Gasteiger partial charge in [-0.1, -0.05) is 44.2 Å². The number of nitrogens with zero attached hydrogens (tertiary/aromatic N) is 2. The zero-order valence-electron chi connectivity index (χ0n) is 23.4. The van der Waals surface area contributed by atoms with Crippen molar-refractivity contribution in [3.8, 4) is 0 Å². The van der Waals surface area contributed by atoms with Crippen LogP contribution in [0.2, 0.25) is 0 Å². The van der Waals surface area contributed by atoms with Crippen LogP contribution in [0.4, 0.5) is 5.00 Å². The van der Waals surface area contributed by atoms with Crippen LogP contribution in [-0.4, -0.2) is 55.0 Å². The van der Waals surface area contributed by atoms with Gasteiger partial charge in [-0.05, 0) is 54.8 Å². The first-order valence-corrected chi connectivity index (χ1v) is 15.8. The predicted octanol–water partition coefficient (Wildman–Crippen LogP) is 3.76. The lowest BCUT2D eigenvalue weighted by Gasteiger charge is -2.26. The van der Waals surface area contributed by atoms with Crippen LogP contribution >= 0.6 is 11.3 Å². The SMILES string of the molecule is CCCN1CCc2c(sc(NC(=O)c3ccc(S(=O)(=O)N(CC)Cc4ccccc4)cc3)c2C(=O)NNC(C)=O)C1. The summed E-state index contributed by atoms with van der Waals surface area (Å²) in [6.45, 7) is 8.12. The van der Waals surface area contributed by atoms with Gasteiger partial charge in [-0.25, -0.2) is 8.42 Å². The molecule has 0 unspecified atom stereocenters. The van der Waals surface area contributed by atoms with Crippen LogP contribution in [0.5, 0.6) is 0 Å². The second kappa shape index (κ2) is 13.4. The van der Waals surface area contributed by atoms with Crippen molar-refractivity contribution in [3.05, 3.63) is 81.7 Å². The second-order valence-electron chi connectivity index (χ2n) is 9.76. The number of anilines is 1. The zero-order chi connectivity index (χ0) is 29.6. The second-order valence-corrected chi connectivity index (χ2v) is 12.8. The Morgan fingerprint density at radius 3 is 2.32 bits per heavy atom. The fourth-order valence-corrected chi connectivity index (χ4v) is 7.48. The molecular weight excluding hydrogens is 562 g/mol. The Labute approximate surface area is 244 Å². The third kappa shape index (κ3) is 7.20. The molecule has 3 amide bonds. The summed E-state index contributed by atoms with van der Waals surface area (Å²) in [5, 5.41) is 3.24. The Balaban J connectivity index is 1.55. The standard InChI is InChI=1S/C29H35N5O5S2/c1-4-16-33-17-15-24-25(19-33)40-29(26(24)28(37)32-31-20(3)35)30-27(36)22-11-13-23(14-12-22)41(38,39)34(5-2)18-21-9-7-6-8-10-21/h6-14H,4-5,15-19H2,1-3H3,(H,30,36)(H,31,35)(H,32,37). The van der Waals surface area contributed by atoms with E-state index in [-0.39, 0.29) is 17.0 Å². The molecule has 1 aliphatic rings. The highest BCUT2D eigenvalue weighted by Crippen LogP contribution is 2.37. The van der Waals surface area contributed by atoms with Crippen LogP contribution < -0.4 is 16.2 Å². The summed E-state index contributed by atoms with van der Waals surface area (Å²) in [7, 11) is -3.78. The minimum absolute atomic E-state index is 0.0878. The largest absolute Gasteiger partial charge is 0.313 e. The van der Waals surface area contributed by atoms with Crippen LogP contribution in [0.1, 0.15) is 63.9 Å². The average Bonchev–Trinajstić information content (AvgIpc) is 3.32. The lowest BCUT2D eigenvalue weighted by Crippen LogP contribution is -2.41. The Hall–Kier alpha value is -3.58. The summed E-state index contributed by atoms with van der Waals surface area (Å²) in [4.78, 5) is 41.1. The van der Waals surface area contributed by atoms with E-state index in [1.54, 1.807) is 6.92 Å². The predicted molar refractivity (Wildman–Crippen MR) is 159 cm³/mol. The first kappa shape index (κ1) is 30.4. The van der Waals surface area contributed by atoms with Crippen molar-refractivity contribution in [1.82, 2.24) is 20.1 Å². The average molecular weight is 598 g/mol. The molecule has 1 aromatic heterocycles. The molecule has 0 atom stereocenters. The van der Waals surface area contributed by atoms with Gasteiger partial charge in [-0.3, -0.25) is 30.1 Å². The molecular formula is C29H35N5O5S2. The first-order valence-electron chi connectivity index (χ1n) is 13.5. The molecule has 2 aromatic carbocycles. The Morgan fingerprint density at radius 2 is 1.68 bits per heavy atom. The summed E-state index contributed by atoms with van der Waals surface area (Å²) in [5.41, 5.74) is 7.05. The maximum atomic E-state index is 13.3. The fraction of sp³-hybridized carbons (Fsp3) is 0.345. The number of fused-ring (bicyclic) bond motifs is 1. The van der Waals surface area contributed by atoms with Gasteiger partial charge in [0.15, 0.2) is 0 Å². The molecule has 0 radical (unpaired) electrons. The fourth-order valence-electron chi connectivity index (χ4n) is 4.76. The molecule has 3 aromatic rings. The van der Waals surface area contributed by atoms with Crippen LogP contribution in [0.15, 0.2) is 59.5 Å². The van der Waals surface area contributed by atoms with E-state index in [1.165, 1.54) is 46.8 Å². The summed E-state index contributed by atoms with van der Waals surface area (Å²) < 4.78 is 28.0. The van der Waals surface area contributed by atoms with Gasteiger partial charge in [0.1, 0.15) is 5.00 Å². The normalized spacial score (nSPS) is 13.5. The van der Waals surface area contributed by atoms with Crippen LogP contribution in [0, 0.1) is 0 Å². The molecule has 12 heteroatoms. The van der Waals surface area contributed by atoms with E-state index in [0.717, 1.165) is 35.5 Å². The Bertz CT molecular complexity index is 1500. The van der Waals surface area contributed by atoms with Gasteiger partial charge in [0, 0.05) is 43.5 Å². The third-order valence-corrected chi connectivity index (χ3v) is 9.86. The van der Waals surface area contributed by atoms with Crippen molar-refractivity contribution >= 4 is 44.1 Å². The number of amides is 3. The van der Waals surface area contributed by atoms with Gasteiger partial charge < -0.3 is 5.32 Å². The molecule has 0 aliphatic carbocycles. The number of rotatable bonds is 10. The molecule has 0 spiro atoms. The molecule has 3 N–H and O–H groups in total. The van der Waals surface area contributed by atoms with Crippen molar-refractivity contribution < 1.29 is 22.8 Å². The van der Waals surface area contributed by atoms with Crippen molar-refractivity contribution in [2.45, 2.75) is 51.6 Å².